The van der Waals surface area contributed by atoms with Crippen LogP contribution in [0.1, 0.15) is 31.9 Å². The Morgan fingerprint density at radius 3 is 2.42 bits per heavy atom. The summed E-state index contributed by atoms with van der Waals surface area (Å²) in [6, 6.07) is 19.6. The lowest BCUT2D eigenvalue weighted by molar-refractivity contribution is 0.306. The number of hydrogen-bond donors (Lipinski definition) is 1. The highest BCUT2D eigenvalue weighted by Gasteiger charge is 2.21. The lowest BCUT2D eigenvalue weighted by atomic mass is 9.86. The van der Waals surface area contributed by atoms with Crippen LogP contribution >= 0.6 is 0 Å². The van der Waals surface area contributed by atoms with E-state index in [4.69, 9.17) is 13.9 Å². The van der Waals surface area contributed by atoms with E-state index in [0.29, 0.717) is 23.7 Å². The minimum absolute atomic E-state index is 0.201. The minimum Gasteiger partial charge on any atom is -0.504 e. The van der Waals surface area contributed by atoms with Gasteiger partial charge in [-0.1, -0.05) is 45.0 Å². The molecule has 0 aliphatic carbocycles. The van der Waals surface area contributed by atoms with Crippen molar-refractivity contribution in [1.82, 2.24) is 4.98 Å². The van der Waals surface area contributed by atoms with Gasteiger partial charge in [0.1, 0.15) is 23.9 Å². The van der Waals surface area contributed by atoms with Gasteiger partial charge in [0.15, 0.2) is 5.75 Å². The number of benzene rings is 2. The number of rotatable bonds is 6. The van der Waals surface area contributed by atoms with Crippen molar-refractivity contribution in [2.75, 3.05) is 0 Å². The van der Waals surface area contributed by atoms with Crippen LogP contribution < -0.4 is 15.1 Å². The van der Waals surface area contributed by atoms with E-state index in [1.807, 2.05) is 51.1 Å². The van der Waals surface area contributed by atoms with Gasteiger partial charge in [-0.3, -0.25) is 4.98 Å². The second-order valence-corrected chi connectivity index (χ2v) is 8.64. The summed E-state index contributed by atoms with van der Waals surface area (Å²) in [4.78, 5) is 16.7. The molecule has 4 rings (SSSR count). The van der Waals surface area contributed by atoms with E-state index in [9.17, 15) is 9.90 Å². The van der Waals surface area contributed by atoms with E-state index in [1.165, 1.54) is 6.07 Å². The summed E-state index contributed by atoms with van der Waals surface area (Å²) >= 11 is 0. The number of pyridine rings is 1. The normalized spacial score (nSPS) is 11.2. The van der Waals surface area contributed by atoms with Gasteiger partial charge in [-0.15, -0.1) is 0 Å². The van der Waals surface area contributed by atoms with Gasteiger partial charge in [-0.25, -0.2) is 4.79 Å². The lowest BCUT2D eigenvalue weighted by Gasteiger charge is -2.22. The van der Waals surface area contributed by atoms with Crippen LogP contribution in [0.4, 0.5) is 0 Å². The van der Waals surface area contributed by atoms with Crippen LogP contribution in [-0.2, 0) is 12.0 Å². The third kappa shape index (κ3) is 5.23. The van der Waals surface area contributed by atoms with E-state index in [-0.39, 0.29) is 22.7 Å². The van der Waals surface area contributed by atoms with Gasteiger partial charge in [-0.2, -0.15) is 0 Å². The molecule has 0 bridgehead atoms. The first-order valence-corrected chi connectivity index (χ1v) is 10.6. The third-order valence-corrected chi connectivity index (χ3v) is 5.06. The molecule has 2 aromatic carbocycles. The summed E-state index contributed by atoms with van der Waals surface area (Å²) in [6.07, 6.45) is 3.45. The van der Waals surface area contributed by atoms with Crippen molar-refractivity contribution >= 4 is 0 Å². The summed E-state index contributed by atoms with van der Waals surface area (Å²) in [6.45, 7) is 6.53. The standard InChI is InChI=1S/C27H25NO5/c1-27(2,3)21-8-4-5-9-23(21)32-25-22(29)15-24(33-26(25)30)19-10-12-20(13-11-19)31-17-18-7-6-14-28-16-18/h4-16,29H,17H2,1-3H3. The third-order valence-electron chi connectivity index (χ3n) is 5.06. The molecule has 33 heavy (non-hydrogen) atoms. The fourth-order valence-corrected chi connectivity index (χ4v) is 3.36. The van der Waals surface area contributed by atoms with E-state index in [0.717, 1.165) is 11.1 Å². The van der Waals surface area contributed by atoms with Gasteiger partial charge >= 0.3 is 5.63 Å². The molecule has 0 saturated heterocycles. The maximum absolute atomic E-state index is 12.6. The first-order valence-electron chi connectivity index (χ1n) is 10.6. The number of aromatic nitrogens is 1. The highest BCUT2D eigenvalue weighted by molar-refractivity contribution is 5.61. The Balaban J connectivity index is 1.54. The molecule has 0 amide bonds. The second kappa shape index (κ2) is 9.20. The Kier molecular flexibility index (Phi) is 6.18. The molecule has 6 nitrogen and oxygen atoms in total. The minimum atomic E-state index is -0.759. The van der Waals surface area contributed by atoms with Gasteiger partial charge in [-0.05, 0) is 41.8 Å². The summed E-state index contributed by atoms with van der Waals surface area (Å²) in [5, 5.41) is 10.5. The number of aromatic hydroxyl groups is 1. The van der Waals surface area contributed by atoms with E-state index in [2.05, 4.69) is 4.98 Å². The monoisotopic (exact) mass is 443 g/mol. The molecule has 0 radical (unpaired) electrons. The smallest absolute Gasteiger partial charge is 0.383 e. The van der Waals surface area contributed by atoms with Crippen LogP contribution in [0.25, 0.3) is 11.3 Å². The molecule has 0 atom stereocenters. The molecule has 1 N–H and O–H groups in total. The SMILES string of the molecule is CC(C)(C)c1ccccc1Oc1c(O)cc(-c2ccc(OCc3cccnc3)cc2)oc1=O. The van der Waals surface area contributed by atoms with Gasteiger partial charge in [0, 0.05) is 35.2 Å². The fourth-order valence-electron chi connectivity index (χ4n) is 3.36. The lowest BCUT2D eigenvalue weighted by Crippen LogP contribution is -2.13. The number of para-hydroxylation sites is 1. The molecule has 2 aromatic heterocycles. The zero-order valence-electron chi connectivity index (χ0n) is 18.7. The molecule has 4 aromatic rings. The summed E-state index contributed by atoms with van der Waals surface area (Å²) in [7, 11) is 0. The second-order valence-electron chi connectivity index (χ2n) is 8.64. The van der Waals surface area contributed by atoms with E-state index < -0.39 is 5.63 Å². The van der Waals surface area contributed by atoms with Crippen molar-refractivity contribution in [1.29, 1.82) is 0 Å². The summed E-state index contributed by atoms with van der Waals surface area (Å²) < 4.78 is 17.0. The van der Waals surface area contributed by atoms with Crippen molar-refractivity contribution in [3.63, 3.8) is 0 Å². The molecule has 0 aliphatic rings. The van der Waals surface area contributed by atoms with Crippen LogP contribution in [0.2, 0.25) is 0 Å². The summed E-state index contributed by atoms with van der Waals surface area (Å²) in [5.41, 5.74) is 1.53. The van der Waals surface area contributed by atoms with Crippen LogP contribution in [0.3, 0.4) is 0 Å². The van der Waals surface area contributed by atoms with Crippen LogP contribution in [0.5, 0.6) is 23.0 Å². The first kappa shape index (κ1) is 22.1. The Hall–Kier alpha value is -4.06. The molecule has 0 spiro atoms. The number of hydrogen-bond acceptors (Lipinski definition) is 6. The van der Waals surface area contributed by atoms with Gasteiger partial charge < -0.3 is 19.0 Å². The Bertz CT molecular complexity index is 1290. The predicted molar refractivity (Wildman–Crippen MR) is 126 cm³/mol. The predicted octanol–water partition coefficient (Wildman–Crippen LogP) is 6.08. The van der Waals surface area contributed by atoms with Crippen molar-refractivity contribution in [2.45, 2.75) is 32.8 Å². The molecule has 0 unspecified atom stereocenters. The van der Waals surface area contributed by atoms with E-state index in [1.54, 1.807) is 42.7 Å². The molecular weight excluding hydrogens is 418 g/mol. The van der Waals surface area contributed by atoms with Crippen molar-refractivity contribution in [2.24, 2.45) is 0 Å². The molecule has 0 aliphatic heterocycles. The van der Waals surface area contributed by atoms with Crippen LogP contribution in [0.15, 0.2) is 88.3 Å². The van der Waals surface area contributed by atoms with Crippen molar-refractivity contribution < 1.29 is 19.0 Å². The zero-order chi connectivity index (χ0) is 23.4. The molecule has 6 heteroatoms. The maximum atomic E-state index is 12.6. The first-order chi connectivity index (χ1) is 15.8. The highest BCUT2D eigenvalue weighted by atomic mass is 16.5. The van der Waals surface area contributed by atoms with Gasteiger partial charge in [0.05, 0.1) is 0 Å². The largest absolute Gasteiger partial charge is 0.504 e. The molecule has 168 valence electrons. The molecule has 2 heterocycles. The molecule has 0 saturated carbocycles. The Labute approximate surface area is 192 Å². The van der Waals surface area contributed by atoms with Crippen LogP contribution in [-0.4, -0.2) is 10.1 Å². The van der Waals surface area contributed by atoms with Gasteiger partial charge in [0.2, 0.25) is 0 Å². The van der Waals surface area contributed by atoms with Crippen molar-refractivity contribution in [3.05, 3.63) is 101 Å². The quantitative estimate of drug-likeness (QED) is 0.389. The number of nitrogens with zero attached hydrogens (tertiary/aromatic N) is 1. The van der Waals surface area contributed by atoms with Crippen molar-refractivity contribution in [3.8, 4) is 34.3 Å². The summed E-state index contributed by atoms with van der Waals surface area (Å²) in [5.74, 6) is 0.852. The maximum Gasteiger partial charge on any atom is 0.383 e. The van der Waals surface area contributed by atoms with Crippen LogP contribution in [0, 0.1) is 0 Å². The highest BCUT2D eigenvalue weighted by Crippen LogP contribution is 2.37. The van der Waals surface area contributed by atoms with E-state index >= 15 is 0 Å². The Morgan fingerprint density at radius 1 is 1.00 bits per heavy atom. The Morgan fingerprint density at radius 2 is 1.76 bits per heavy atom. The average molecular weight is 443 g/mol. The molecular formula is C27H25NO5. The van der Waals surface area contributed by atoms with Gasteiger partial charge in [0.25, 0.3) is 5.75 Å². The fraction of sp³-hybridized carbons (Fsp3) is 0.185. The average Bonchev–Trinajstić information content (AvgIpc) is 2.80. The molecule has 0 fully saturated rings. The zero-order valence-corrected chi connectivity index (χ0v) is 18.7. The topological polar surface area (TPSA) is 81.8 Å². The number of ether oxygens (including phenoxy) is 2.